The van der Waals surface area contributed by atoms with Crippen molar-refractivity contribution in [2.45, 2.75) is 96.0 Å². The first kappa shape index (κ1) is 36.4. The number of hydrogen-bond donors (Lipinski definition) is 1. The molecular weight excluding hydrogens is 678 g/mol. The van der Waals surface area contributed by atoms with Crippen LogP contribution in [-0.4, -0.2) is 128 Å². The van der Waals surface area contributed by atoms with Crippen LogP contribution in [0.25, 0.3) is 0 Å². The van der Waals surface area contributed by atoms with Gasteiger partial charge in [0.25, 0.3) is 16.1 Å². The Kier molecular flexibility index (Phi) is 10.8. The first-order chi connectivity index (χ1) is 24.5. The van der Waals surface area contributed by atoms with Gasteiger partial charge in [0.2, 0.25) is 0 Å². The lowest BCUT2D eigenvalue weighted by molar-refractivity contribution is -0.0301. The molecule has 0 unspecified atom stereocenters. The summed E-state index contributed by atoms with van der Waals surface area (Å²) in [6, 6.07) is 3.73. The van der Waals surface area contributed by atoms with Crippen LogP contribution in [0.1, 0.15) is 76.1 Å². The minimum Gasteiger partial charge on any atom is -0.451 e. The zero-order valence-electron chi connectivity index (χ0n) is 30.0. The molecule has 5 fully saturated rings. The highest BCUT2D eigenvalue weighted by Crippen LogP contribution is 2.45. The number of carbonyl (C=O) groups is 1. The smallest absolute Gasteiger partial charge is 0.280 e. The SMILES string of the molecule is CC(C)N(C(=O)c1cc(F)ccc1Oc1cncnc1N1CC2(CCN(C[C@@H]3CC[C@@H](NS(=O)(=O)N4CCC[C@H]4C)CO3)CC2)C1)[C@H]1CCOC1. The predicted octanol–water partition coefficient (Wildman–Crippen LogP) is 3.82. The molecule has 2 aromatic rings. The molecule has 0 bridgehead atoms. The minimum absolute atomic E-state index is 0.0477. The predicted molar refractivity (Wildman–Crippen MR) is 190 cm³/mol. The molecule has 5 saturated heterocycles. The van der Waals surface area contributed by atoms with Gasteiger partial charge < -0.3 is 28.9 Å². The second-order valence-corrected chi connectivity index (χ2v) is 17.0. The molecule has 1 N–H and O–H groups in total. The largest absolute Gasteiger partial charge is 0.451 e. The maximum Gasteiger partial charge on any atom is 0.280 e. The topological polar surface area (TPSA) is 130 Å². The molecule has 0 saturated carbocycles. The van der Waals surface area contributed by atoms with Crippen molar-refractivity contribution < 1.29 is 31.8 Å². The Hall–Kier alpha value is -2.95. The number of aromatic nitrogens is 2. The third kappa shape index (κ3) is 8.03. The van der Waals surface area contributed by atoms with Gasteiger partial charge >= 0.3 is 0 Å². The maximum absolute atomic E-state index is 14.5. The van der Waals surface area contributed by atoms with Crippen molar-refractivity contribution in [3.8, 4) is 11.5 Å². The number of rotatable bonds is 11. The summed E-state index contributed by atoms with van der Waals surface area (Å²) in [4.78, 5) is 29.1. The van der Waals surface area contributed by atoms with Crippen molar-refractivity contribution in [1.82, 2.24) is 28.8 Å². The average Bonchev–Trinajstić information content (AvgIpc) is 3.79. The standard InChI is InChI=1S/C36H52FN7O6S/c1-25(2)44(29-10-16-48-21-29)35(45)31-17-27(37)6-9-32(31)50-33-18-38-24-39-34(33)42-22-36(23-42)11-14-41(15-12-36)19-30-8-7-28(20-49-30)40-51(46,47)43-13-4-5-26(43)3/h6,9,17-18,24-26,28-30,40H,4-5,7-8,10-16,19-23H2,1-3H3/t26-,28-,29+,30+/m1/s1. The molecule has 5 aliphatic heterocycles. The number of piperidine rings is 1. The average molecular weight is 730 g/mol. The molecule has 15 heteroatoms. The molecular formula is C36H52FN7O6S. The summed E-state index contributed by atoms with van der Waals surface area (Å²) < 4.78 is 62.8. The number of halogens is 1. The van der Waals surface area contributed by atoms with Crippen LogP contribution in [-0.2, 0) is 19.7 Å². The van der Waals surface area contributed by atoms with Crippen LogP contribution in [0.2, 0.25) is 0 Å². The van der Waals surface area contributed by atoms with Crippen molar-refractivity contribution in [3.05, 3.63) is 42.1 Å². The van der Waals surface area contributed by atoms with Crippen molar-refractivity contribution in [2.24, 2.45) is 5.41 Å². The van der Waals surface area contributed by atoms with E-state index < -0.39 is 16.0 Å². The van der Waals surface area contributed by atoms with Gasteiger partial charge in [-0.15, -0.1) is 0 Å². The first-order valence-corrected chi connectivity index (χ1v) is 20.0. The van der Waals surface area contributed by atoms with Gasteiger partial charge in [0.15, 0.2) is 11.6 Å². The number of ether oxygens (including phenoxy) is 3. The van der Waals surface area contributed by atoms with Crippen LogP contribution in [0.5, 0.6) is 11.5 Å². The molecule has 1 amide bonds. The second kappa shape index (κ2) is 15.2. The van der Waals surface area contributed by atoms with Gasteiger partial charge in [-0.2, -0.15) is 17.4 Å². The Balaban J connectivity index is 0.916. The Bertz CT molecular complexity index is 1640. The molecule has 7 rings (SSSR count). The van der Waals surface area contributed by atoms with E-state index in [1.54, 1.807) is 15.4 Å². The van der Waals surface area contributed by atoms with E-state index in [4.69, 9.17) is 14.2 Å². The lowest BCUT2D eigenvalue weighted by Crippen LogP contribution is -2.61. The fourth-order valence-electron chi connectivity index (χ4n) is 8.51. The van der Waals surface area contributed by atoms with Gasteiger partial charge in [0, 0.05) is 56.3 Å². The molecule has 4 atom stereocenters. The highest BCUT2D eigenvalue weighted by Gasteiger charge is 2.46. The van der Waals surface area contributed by atoms with E-state index >= 15 is 0 Å². The number of likely N-dealkylation sites (tertiary alicyclic amines) is 1. The van der Waals surface area contributed by atoms with Crippen molar-refractivity contribution in [3.63, 3.8) is 0 Å². The molecule has 5 aliphatic rings. The van der Waals surface area contributed by atoms with Crippen LogP contribution >= 0.6 is 0 Å². The molecule has 1 spiro atoms. The first-order valence-electron chi connectivity index (χ1n) is 18.6. The molecule has 6 heterocycles. The Morgan fingerprint density at radius 1 is 1.12 bits per heavy atom. The van der Waals surface area contributed by atoms with Crippen molar-refractivity contribution in [1.29, 1.82) is 0 Å². The Morgan fingerprint density at radius 2 is 1.92 bits per heavy atom. The number of benzene rings is 1. The van der Waals surface area contributed by atoms with Crippen LogP contribution in [0.4, 0.5) is 10.2 Å². The van der Waals surface area contributed by atoms with Crippen molar-refractivity contribution >= 4 is 21.9 Å². The summed E-state index contributed by atoms with van der Waals surface area (Å²) in [7, 11) is -3.48. The quantitative estimate of drug-likeness (QED) is 0.365. The number of nitrogens with one attached hydrogen (secondary N) is 1. The summed E-state index contributed by atoms with van der Waals surface area (Å²) in [5, 5.41) is 0. The van der Waals surface area contributed by atoms with Gasteiger partial charge in [-0.3, -0.25) is 4.79 Å². The summed E-state index contributed by atoms with van der Waals surface area (Å²) in [5.41, 5.74) is 0.341. The van der Waals surface area contributed by atoms with Gasteiger partial charge in [-0.1, -0.05) is 0 Å². The molecule has 51 heavy (non-hydrogen) atoms. The number of amides is 1. The molecule has 13 nitrogen and oxygen atoms in total. The fraction of sp³-hybridized carbons (Fsp3) is 0.694. The zero-order chi connectivity index (χ0) is 35.8. The third-order valence-electron chi connectivity index (χ3n) is 11.4. The summed E-state index contributed by atoms with van der Waals surface area (Å²) in [5.74, 6) is 0.548. The molecule has 1 aromatic carbocycles. The van der Waals surface area contributed by atoms with E-state index in [0.717, 1.165) is 77.7 Å². The lowest BCUT2D eigenvalue weighted by atomic mass is 9.72. The Labute approximate surface area is 301 Å². The normalized spacial score (nSPS) is 27.2. The van der Waals surface area contributed by atoms with E-state index in [1.807, 2.05) is 20.8 Å². The van der Waals surface area contributed by atoms with Gasteiger partial charge in [0.1, 0.15) is 17.9 Å². The lowest BCUT2D eigenvalue weighted by Gasteiger charge is -2.54. The fourth-order valence-corrected chi connectivity index (χ4v) is 10.2. The van der Waals surface area contributed by atoms with Crippen LogP contribution in [0.15, 0.2) is 30.7 Å². The highest BCUT2D eigenvalue weighted by atomic mass is 32.2. The monoisotopic (exact) mass is 729 g/mol. The van der Waals surface area contributed by atoms with Crippen LogP contribution in [0.3, 0.4) is 0 Å². The van der Waals surface area contributed by atoms with Gasteiger partial charge in [-0.05, 0) is 97.0 Å². The summed E-state index contributed by atoms with van der Waals surface area (Å²) in [6.07, 6.45) is 9.48. The van der Waals surface area contributed by atoms with E-state index in [9.17, 15) is 17.6 Å². The zero-order valence-corrected chi connectivity index (χ0v) is 30.8. The van der Waals surface area contributed by atoms with Crippen LogP contribution in [0, 0.1) is 11.2 Å². The van der Waals surface area contributed by atoms with Crippen molar-refractivity contribution in [2.75, 3.05) is 64.0 Å². The number of nitrogens with zero attached hydrogens (tertiary/aromatic N) is 6. The van der Waals surface area contributed by atoms with Gasteiger partial charge in [0.05, 0.1) is 37.1 Å². The van der Waals surface area contributed by atoms with E-state index in [2.05, 4.69) is 24.5 Å². The number of carbonyl (C=O) groups excluding carboxylic acids is 1. The second-order valence-electron chi connectivity index (χ2n) is 15.4. The number of hydrogen-bond acceptors (Lipinski definition) is 10. The molecule has 0 radical (unpaired) electrons. The maximum atomic E-state index is 14.5. The van der Waals surface area contributed by atoms with E-state index in [-0.39, 0.29) is 52.9 Å². The van der Waals surface area contributed by atoms with E-state index in [0.29, 0.717) is 37.9 Å². The van der Waals surface area contributed by atoms with Crippen LogP contribution < -0.4 is 14.4 Å². The molecule has 280 valence electrons. The Morgan fingerprint density at radius 3 is 2.59 bits per heavy atom. The minimum atomic E-state index is -3.48. The molecule has 1 aromatic heterocycles. The van der Waals surface area contributed by atoms with E-state index in [1.165, 1.54) is 24.5 Å². The molecule has 0 aliphatic carbocycles. The summed E-state index contributed by atoms with van der Waals surface area (Å²) in [6.45, 7) is 12.4. The number of anilines is 1. The highest BCUT2D eigenvalue weighted by molar-refractivity contribution is 7.87. The third-order valence-corrected chi connectivity index (χ3v) is 13.1. The summed E-state index contributed by atoms with van der Waals surface area (Å²) >= 11 is 0. The van der Waals surface area contributed by atoms with Gasteiger partial charge in [-0.25, -0.2) is 14.4 Å².